The van der Waals surface area contributed by atoms with Crippen LogP contribution >= 0.6 is 11.6 Å². The molecule has 3 aromatic rings. The summed E-state index contributed by atoms with van der Waals surface area (Å²) in [5.74, 6) is -0.707. The van der Waals surface area contributed by atoms with Crippen LogP contribution in [0.15, 0.2) is 34.9 Å². The number of hydrogen-bond acceptors (Lipinski definition) is 5. The molecule has 0 aliphatic carbocycles. The Balaban J connectivity index is 1.74. The minimum Gasteiger partial charge on any atom is -0.360 e. The van der Waals surface area contributed by atoms with Crippen molar-refractivity contribution in [3.05, 3.63) is 52.6 Å². The highest BCUT2D eigenvalue weighted by atomic mass is 35.5. The minimum absolute atomic E-state index is 0.0830. The van der Waals surface area contributed by atoms with Crippen molar-refractivity contribution in [3.63, 3.8) is 0 Å². The second-order valence-electron chi connectivity index (χ2n) is 5.67. The molecule has 0 aliphatic rings. The number of carbonyl (C=O) groups is 2. The first-order valence-corrected chi connectivity index (χ1v) is 8.02. The number of amides is 2. The van der Waals surface area contributed by atoms with Crippen molar-refractivity contribution < 1.29 is 18.5 Å². The van der Waals surface area contributed by atoms with Gasteiger partial charge in [0.2, 0.25) is 5.91 Å². The first kappa shape index (κ1) is 17.8. The standard InChI is InChI=1S/C17H14ClFN4O3/c1-8-5-14(23-26-8)22-16(24)9(2)20-17(25)12-6-10-3-4-11(19)7-13(10)21-15(12)18/h3-7,9H,1-2H3,(H,20,25)(H,22,23,24)/t9-/m1/s1. The molecule has 0 spiro atoms. The summed E-state index contributed by atoms with van der Waals surface area (Å²) in [5.41, 5.74) is 0.418. The van der Waals surface area contributed by atoms with E-state index in [0.717, 1.165) is 0 Å². The van der Waals surface area contributed by atoms with Crippen LogP contribution in [0, 0.1) is 12.7 Å². The molecule has 3 rings (SSSR count). The van der Waals surface area contributed by atoms with E-state index in [9.17, 15) is 14.0 Å². The highest BCUT2D eigenvalue weighted by molar-refractivity contribution is 6.33. The zero-order chi connectivity index (χ0) is 18.8. The molecule has 2 aromatic heterocycles. The van der Waals surface area contributed by atoms with E-state index in [1.165, 1.54) is 31.2 Å². The zero-order valence-electron chi connectivity index (χ0n) is 13.8. The second kappa shape index (κ2) is 7.09. The Morgan fingerprint density at radius 3 is 2.73 bits per heavy atom. The first-order chi connectivity index (χ1) is 12.3. The molecule has 2 heterocycles. The van der Waals surface area contributed by atoms with E-state index in [1.54, 1.807) is 13.0 Å². The van der Waals surface area contributed by atoms with Crippen LogP contribution in [-0.4, -0.2) is 28.0 Å². The molecule has 134 valence electrons. The number of benzene rings is 1. The molecular formula is C17H14ClFN4O3. The molecular weight excluding hydrogens is 363 g/mol. The molecule has 0 bridgehead atoms. The van der Waals surface area contributed by atoms with Crippen LogP contribution in [-0.2, 0) is 4.79 Å². The summed E-state index contributed by atoms with van der Waals surface area (Å²) in [5, 5.41) is 9.17. The van der Waals surface area contributed by atoms with Crippen molar-refractivity contribution in [2.24, 2.45) is 0 Å². The monoisotopic (exact) mass is 376 g/mol. The Labute approximate surface area is 152 Å². The number of nitrogens with one attached hydrogen (secondary N) is 2. The van der Waals surface area contributed by atoms with E-state index in [2.05, 4.69) is 20.8 Å². The number of nitrogens with zero attached hydrogens (tertiary/aromatic N) is 2. The van der Waals surface area contributed by atoms with E-state index in [4.69, 9.17) is 16.1 Å². The molecule has 9 heteroatoms. The minimum atomic E-state index is -0.862. The number of hydrogen-bond donors (Lipinski definition) is 2. The van der Waals surface area contributed by atoms with Gasteiger partial charge in [0.05, 0.1) is 11.1 Å². The Hall–Kier alpha value is -3.00. The van der Waals surface area contributed by atoms with Gasteiger partial charge in [-0.05, 0) is 32.0 Å². The number of rotatable bonds is 4. The number of aryl methyl sites for hydroxylation is 1. The Morgan fingerprint density at radius 2 is 2.04 bits per heavy atom. The molecule has 0 saturated heterocycles. The van der Waals surface area contributed by atoms with Crippen molar-refractivity contribution in [2.45, 2.75) is 19.9 Å². The van der Waals surface area contributed by atoms with E-state index in [0.29, 0.717) is 16.7 Å². The van der Waals surface area contributed by atoms with Crippen LogP contribution in [0.4, 0.5) is 10.2 Å². The van der Waals surface area contributed by atoms with Gasteiger partial charge in [-0.2, -0.15) is 0 Å². The summed E-state index contributed by atoms with van der Waals surface area (Å²) in [6.07, 6.45) is 0. The summed E-state index contributed by atoms with van der Waals surface area (Å²) in [7, 11) is 0. The number of halogens is 2. The van der Waals surface area contributed by atoms with Gasteiger partial charge >= 0.3 is 0 Å². The first-order valence-electron chi connectivity index (χ1n) is 7.64. The van der Waals surface area contributed by atoms with Crippen molar-refractivity contribution in [2.75, 3.05) is 5.32 Å². The lowest BCUT2D eigenvalue weighted by Crippen LogP contribution is -2.41. The van der Waals surface area contributed by atoms with Gasteiger partial charge in [0.15, 0.2) is 5.82 Å². The van der Waals surface area contributed by atoms with Crippen LogP contribution in [0.1, 0.15) is 23.0 Å². The number of carbonyl (C=O) groups excluding carboxylic acids is 2. The normalized spacial score (nSPS) is 12.0. The van der Waals surface area contributed by atoms with Crippen LogP contribution in [0.5, 0.6) is 0 Å². The lowest BCUT2D eigenvalue weighted by molar-refractivity contribution is -0.117. The number of aromatic nitrogens is 2. The SMILES string of the molecule is Cc1cc(NC(=O)[C@@H](C)NC(=O)c2cc3ccc(F)cc3nc2Cl)no1. The molecule has 7 nitrogen and oxygen atoms in total. The highest BCUT2D eigenvalue weighted by Gasteiger charge is 2.20. The summed E-state index contributed by atoms with van der Waals surface area (Å²) in [6, 6.07) is 6.16. The molecule has 0 unspecified atom stereocenters. The van der Waals surface area contributed by atoms with Gasteiger partial charge in [0.1, 0.15) is 22.8 Å². The fourth-order valence-electron chi connectivity index (χ4n) is 2.28. The Kier molecular flexibility index (Phi) is 4.85. The third-order valence-electron chi connectivity index (χ3n) is 3.60. The number of anilines is 1. The van der Waals surface area contributed by atoms with E-state index >= 15 is 0 Å². The molecule has 1 atom stereocenters. The number of pyridine rings is 1. The maximum absolute atomic E-state index is 13.3. The van der Waals surface area contributed by atoms with Crippen molar-refractivity contribution in [1.82, 2.24) is 15.5 Å². The molecule has 26 heavy (non-hydrogen) atoms. The zero-order valence-corrected chi connectivity index (χ0v) is 14.6. The van der Waals surface area contributed by atoms with E-state index in [1.807, 2.05) is 0 Å². The molecule has 0 radical (unpaired) electrons. The van der Waals surface area contributed by atoms with Crippen LogP contribution in [0.3, 0.4) is 0 Å². The predicted octanol–water partition coefficient (Wildman–Crippen LogP) is 3.08. The molecule has 2 N–H and O–H groups in total. The van der Waals surface area contributed by atoms with Crippen LogP contribution in [0.25, 0.3) is 10.9 Å². The van der Waals surface area contributed by atoms with Gasteiger partial charge in [-0.15, -0.1) is 0 Å². The van der Waals surface area contributed by atoms with Crippen molar-refractivity contribution in [1.29, 1.82) is 0 Å². The summed E-state index contributed by atoms with van der Waals surface area (Å²) in [4.78, 5) is 28.6. The lowest BCUT2D eigenvalue weighted by atomic mass is 10.1. The summed E-state index contributed by atoms with van der Waals surface area (Å²) in [6.45, 7) is 3.20. The fraction of sp³-hybridized carbons (Fsp3) is 0.176. The third kappa shape index (κ3) is 3.80. The summed E-state index contributed by atoms with van der Waals surface area (Å²) < 4.78 is 18.1. The quantitative estimate of drug-likeness (QED) is 0.682. The third-order valence-corrected chi connectivity index (χ3v) is 3.89. The number of fused-ring (bicyclic) bond motifs is 1. The Morgan fingerprint density at radius 1 is 1.27 bits per heavy atom. The average molecular weight is 377 g/mol. The smallest absolute Gasteiger partial charge is 0.255 e. The van der Waals surface area contributed by atoms with Crippen molar-refractivity contribution >= 4 is 40.1 Å². The maximum atomic E-state index is 13.3. The average Bonchev–Trinajstić information content (AvgIpc) is 2.98. The van der Waals surface area contributed by atoms with Crippen molar-refractivity contribution in [3.8, 4) is 0 Å². The fourth-order valence-corrected chi connectivity index (χ4v) is 2.51. The maximum Gasteiger partial charge on any atom is 0.255 e. The topological polar surface area (TPSA) is 97.1 Å². The van der Waals surface area contributed by atoms with Gasteiger partial charge in [-0.25, -0.2) is 9.37 Å². The molecule has 1 aromatic carbocycles. The van der Waals surface area contributed by atoms with E-state index in [-0.39, 0.29) is 16.5 Å². The largest absolute Gasteiger partial charge is 0.360 e. The second-order valence-corrected chi connectivity index (χ2v) is 6.03. The van der Waals surface area contributed by atoms with Crippen LogP contribution < -0.4 is 10.6 Å². The molecule has 0 fully saturated rings. The van der Waals surface area contributed by atoms with E-state index < -0.39 is 23.7 Å². The van der Waals surface area contributed by atoms with Gasteiger partial charge in [-0.1, -0.05) is 16.8 Å². The Bertz CT molecular complexity index is 1000. The molecule has 2 amide bonds. The highest BCUT2D eigenvalue weighted by Crippen LogP contribution is 2.21. The molecule has 0 saturated carbocycles. The predicted molar refractivity (Wildman–Crippen MR) is 93.5 cm³/mol. The lowest BCUT2D eigenvalue weighted by Gasteiger charge is -2.13. The summed E-state index contributed by atoms with van der Waals surface area (Å²) >= 11 is 6.03. The van der Waals surface area contributed by atoms with Gasteiger partial charge in [-0.3, -0.25) is 9.59 Å². The molecule has 0 aliphatic heterocycles. The van der Waals surface area contributed by atoms with Gasteiger partial charge in [0.25, 0.3) is 5.91 Å². The van der Waals surface area contributed by atoms with Gasteiger partial charge in [0, 0.05) is 17.5 Å². The van der Waals surface area contributed by atoms with Gasteiger partial charge < -0.3 is 15.2 Å². The van der Waals surface area contributed by atoms with Crippen LogP contribution in [0.2, 0.25) is 5.15 Å².